The van der Waals surface area contributed by atoms with Crippen molar-refractivity contribution in [2.24, 2.45) is 0 Å². The molecule has 2 aromatic rings. The van der Waals surface area contributed by atoms with Crippen LogP contribution in [-0.2, 0) is 4.79 Å². The molecule has 0 aliphatic heterocycles. The van der Waals surface area contributed by atoms with Crippen LogP contribution < -0.4 is 9.84 Å². The highest BCUT2D eigenvalue weighted by Crippen LogP contribution is 2.24. The summed E-state index contributed by atoms with van der Waals surface area (Å²) in [6.07, 6.45) is 0. The van der Waals surface area contributed by atoms with Crippen molar-refractivity contribution >= 4 is 5.97 Å². The maximum absolute atomic E-state index is 10.8. The first-order valence-corrected chi connectivity index (χ1v) is 5.70. The molecule has 0 aromatic heterocycles. The standard InChI is InChI=1S/C15H14O3.CH4.H2O/c1-11(15(16)17)12-6-5-9-14(10-12)18-13-7-3-2-4-8-13;;/h2-11H,1H3,(H,16,17);1H4;1H2/p-1. The van der Waals surface area contributed by atoms with Gasteiger partial charge in [0.15, 0.2) is 0 Å². The van der Waals surface area contributed by atoms with Crippen molar-refractivity contribution in [3.63, 3.8) is 0 Å². The predicted molar refractivity (Wildman–Crippen MR) is 76.7 cm³/mol. The van der Waals surface area contributed by atoms with E-state index in [1.807, 2.05) is 30.3 Å². The Balaban J connectivity index is 0.00000180. The topological polar surface area (TPSA) is 80.9 Å². The first-order chi connectivity index (χ1) is 8.66. The molecule has 0 amide bonds. The van der Waals surface area contributed by atoms with Gasteiger partial charge in [-0.25, -0.2) is 0 Å². The summed E-state index contributed by atoms with van der Waals surface area (Å²) in [7, 11) is 0. The third-order valence-corrected chi connectivity index (χ3v) is 2.69. The molecule has 108 valence electrons. The average molecular weight is 275 g/mol. The second-order valence-corrected chi connectivity index (χ2v) is 4.03. The van der Waals surface area contributed by atoms with Crippen molar-refractivity contribution in [2.45, 2.75) is 20.3 Å². The summed E-state index contributed by atoms with van der Waals surface area (Å²) in [6.45, 7) is 1.59. The summed E-state index contributed by atoms with van der Waals surface area (Å²) in [5, 5.41) is 10.8. The fourth-order valence-corrected chi connectivity index (χ4v) is 1.61. The van der Waals surface area contributed by atoms with E-state index in [0.29, 0.717) is 11.3 Å². The summed E-state index contributed by atoms with van der Waals surface area (Å²) in [4.78, 5) is 10.8. The smallest absolute Gasteiger partial charge is 0.127 e. The van der Waals surface area contributed by atoms with E-state index in [0.717, 1.165) is 5.75 Å². The molecule has 0 saturated carbocycles. The fourth-order valence-electron chi connectivity index (χ4n) is 1.61. The summed E-state index contributed by atoms with van der Waals surface area (Å²) >= 11 is 0. The second kappa shape index (κ2) is 7.96. The number of aliphatic carboxylic acids is 1. The van der Waals surface area contributed by atoms with Crippen LogP contribution in [-0.4, -0.2) is 11.4 Å². The van der Waals surface area contributed by atoms with Crippen LogP contribution in [0.25, 0.3) is 0 Å². The van der Waals surface area contributed by atoms with Gasteiger partial charge in [0.05, 0.1) is 0 Å². The lowest BCUT2D eigenvalue weighted by molar-refractivity contribution is -0.307. The molecule has 2 aromatic carbocycles. The lowest BCUT2D eigenvalue weighted by Crippen LogP contribution is -2.27. The molecular weight excluding hydrogens is 256 g/mol. The number of carbonyl (C=O) groups excluding carboxylic acids is 1. The van der Waals surface area contributed by atoms with E-state index in [4.69, 9.17) is 4.74 Å². The van der Waals surface area contributed by atoms with Crippen LogP contribution in [0.1, 0.15) is 25.8 Å². The quantitative estimate of drug-likeness (QED) is 0.857. The molecule has 0 aliphatic rings. The van der Waals surface area contributed by atoms with Gasteiger partial charge in [0.25, 0.3) is 0 Å². The average Bonchev–Trinajstić information content (AvgIpc) is 2.39. The molecule has 4 nitrogen and oxygen atoms in total. The van der Waals surface area contributed by atoms with Crippen molar-refractivity contribution in [3.8, 4) is 11.5 Å². The summed E-state index contributed by atoms with van der Waals surface area (Å²) in [6, 6.07) is 16.4. The summed E-state index contributed by atoms with van der Waals surface area (Å²) < 4.78 is 5.64. The van der Waals surface area contributed by atoms with Crippen molar-refractivity contribution in [2.75, 3.05) is 0 Å². The molecule has 1 atom stereocenters. The van der Waals surface area contributed by atoms with E-state index >= 15 is 0 Å². The van der Waals surface area contributed by atoms with Gasteiger partial charge >= 0.3 is 0 Å². The lowest BCUT2D eigenvalue weighted by Gasteiger charge is -2.14. The van der Waals surface area contributed by atoms with E-state index in [1.165, 1.54) is 0 Å². The molecule has 2 rings (SSSR count). The number of hydrogen-bond acceptors (Lipinski definition) is 3. The predicted octanol–water partition coefficient (Wildman–Crippen LogP) is 2.14. The highest BCUT2D eigenvalue weighted by atomic mass is 16.5. The Morgan fingerprint density at radius 3 is 2.25 bits per heavy atom. The van der Waals surface area contributed by atoms with Gasteiger partial charge in [-0.05, 0) is 29.8 Å². The molecule has 0 heterocycles. The van der Waals surface area contributed by atoms with Crippen LogP contribution in [0.2, 0.25) is 0 Å². The van der Waals surface area contributed by atoms with Crippen molar-refractivity contribution < 1.29 is 20.1 Å². The summed E-state index contributed by atoms with van der Waals surface area (Å²) in [5.41, 5.74) is 0.670. The number of rotatable bonds is 4. The fraction of sp³-hybridized carbons (Fsp3) is 0.188. The van der Waals surface area contributed by atoms with E-state index in [2.05, 4.69) is 0 Å². The number of para-hydroxylation sites is 1. The molecule has 0 aliphatic carbocycles. The Labute approximate surface area is 119 Å². The van der Waals surface area contributed by atoms with Gasteiger partial charge in [-0.2, -0.15) is 0 Å². The molecule has 4 heteroatoms. The van der Waals surface area contributed by atoms with E-state index in [1.54, 1.807) is 31.2 Å². The molecule has 2 N–H and O–H groups in total. The highest BCUT2D eigenvalue weighted by molar-refractivity contribution is 5.73. The number of carboxylic acids is 1. The first-order valence-electron chi connectivity index (χ1n) is 5.70. The van der Waals surface area contributed by atoms with E-state index < -0.39 is 11.9 Å². The lowest BCUT2D eigenvalue weighted by atomic mass is 10.0. The third-order valence-electron chi connectivity index (χ3n) is 2.69. The zero-order valence-corrected chi connectivity index (χ0v) is 10.5. The zero-order chi connectivity index (χ0) is 13.0. The number of hydrogen-bond donors (Lipinski definition) is 0. The summed E-state index contributed by atoms with van der Waals surface area (Å²) in [5.74, 6) is -0.404. The minimum atomic E-state index is -1.09. The van der Waals surface area contributed by atoms with Crippen LogP contribution in [0.4, 0.5) is 0 Å². The molecule has 20 heavy (non-hydrogen) atoms. The molecule has 0 radical (unpaired) electrons. The van der Waals surface area contributed by atoms with Gasteiger partial charge in [-0.15, -0.1) is 0 Å². The van der Waals surface area contributed by atoms with Crippen LogP contribution >= 0.6 is 0 Å². The van der Waals surface area contributed by atoms with Gasteiger partial charge in [0.2, 0.25) is 0 Å². The molecule has 0 spiro atoms. The Morgan fingerprint density at radius 2 is 1.65 bits per heavy atom. The van der Waals surface area contributed by atoms with E-state index in [9.17, 15) is 9.90 Å². The first kappa shape index (κ1) is 17.7. The highest BCUT2D eigenvalue weighted by Gasteiger charge is 2.07. The zero-order valence-electron chi connectivity index (χ0n) is 10.5. The largest absolute Gasteiger partial charge is 0.550 e. The van der Waals surface area contributed by atoms with Crippen molar-refractivity contribution in [3.05, 3.63) is 60.2 Å². The monoisotopic (exact) mass is 275 g/mol. The molecule has 1 unspecified atom stereocenters. The molecular formula is C16H19O4-. The van der Waals surface area contributed by atoms with Crippen molar-refractivity contribution in [1.82, 2.24) is 0 Å². The normalized spacial score (nSPS) is 10.7. The van der Waals surface area contributed by atoms with Gasteiger partial charge in [-0.3, -0.25) is 0 Å². The number of benzene rings is 2. The van der Waals surface area contributed by atoms with E-state index in [-0.39, 0.29) is 12.9 Å². The SMILES string of the molecule is C.CC(C(=O)[O-])c1cccc(Oc2ccccc2)c1.O. The minimum Gasteiger partial charge on any atom is -0.550 e. The van der Waals surface area contributed by atoms with Crippen LogP contribution in [0.15, 0.2) is 54.6 Å². The van der Waals surface area contributed by atoms with Gasteiger partial charge < -0.3 is 20.1 Å². The van der Waals surface area contributed by atoms with Crippen LogP contribution in [0, 0.1) is 0 Å². The Bertz CT molecular complexity index is 537. The van der Waals surface area contributed by atoms with Crippen molar-refractivity contribution in [1.29, 1.82) is 0 Å². The van der Waals surface area contributed by atoms with Crippen LogP contribution in [0.3, 0.4) is 0 Å². The number of carbonyl (C=O) groups is 1. The van der Waals surface area contributed by atoms with Crippen LogP contribution in [0.5, 0.6) is 11.5 Å². The minimum absolute atomic E-state index is 0. The Hall–Kier alpha value is -2.33. The maximum atomic E-state index is 10.8. The Kier molecular flexibility index (Phi) is 7.04. The number of carboxylic acid groups (broad SMARTS) is 1. The molecule has 0 saturated heterocycles. The van der Waals surface area contributed by atoms with Gasteiger partial charge in [0, 0.05) is 11.9 Å². The third kappa shape index (κ3) is 4.40. The molecule has 0 fully saturated rings. The van der Waals surface area contributed by atoms with Gasteiger partial charge in [0.1, 0.15) is 11.5 Å². The Morgan fingerprint density at radius 1 is 1.05 bits per heavy atom. The number of ether oxygens (including phenoxy) is 1. The maximum Gasteiger partial charge on any atom is 0.127 e. The second-order valence-electron chi connectivity index (χ2n) is 4.03. The van der Waals surface area contributed by atoms with Gasteiger partial charge in [-0.1, -0.05) is 44.7 Å². The molecule has 0 bridgehead atoms.